The first-order chi connectivity index (χ1) is 18.2. The number of likely N-dealkylation sites (tertiary alicyclic amines) is 1. The van der Waals surface area contributed by atoms with Crippen molar-refractivity contribution in [3.8, 4) is 5.75 Å². The Morgan fingerprint density at radius 2 is 1.95 bits per heavy atom. The second kappa shape index (κ2) is 9.10. The summed E-state index contributed by atoms with van der Waals surface area (Å²) in [6.45, 7) is 4.66. The van der Waals surface area contributed by atoms with Crippen molar-refractivity contribution in [2.24, 2.45) is 5.92 Å². The van der Waals surface area contributed by atoms with Crippen LogP contribution in [0, 0.1) is 17.6 Å². The number of rotatable bonds is 7. The smallest absolute Gasteiger partial charge is 0.248 e. The number of halogens is 4. The number of nitrogens with one attached hydrogen (secondary N) is 1. The van der Waals surface area contributed by atoms with Gasteiger partial charge in [-0.05, 0) is 36.8 Å². The number of nitrogens with zero attached hydrogens (tertiary/aromatic N) is 5. The Morgan fingerprint density at radius 3 is 2.66 bits per heavy atom. The number of pyridine rings is 1. The number of carbonyl (C=O) groups excluding carboxylic acids is 1. The van der Waals surface area contributed by atoms with Gasteiger partial charge in [-0.3, -0.25) is 4.79 Å². The maximum Gasteiger partial charge on any atom is 0.248 e. The van der Waals surface area contributed by atoms with Crippen LogP contribution in [0.2, 0.25) is 0 Å². The van der Waals surface area contributed by atoms with Crippen LogP contribution in [0.15, 0.2) is 43.2 Å². The van der Waals surface area contributed by atoms with Gasteiger partial charge in [-0.25, -0.2) is 28.1 Å². The van der Waals surface area contributed by atoms with E-state index in [1.54, 1.807) is 6.07 Å². The Labute approximate surface area is 215 Å². The fraction of sp³-hybridized carbons (Fsp3) is 0.385. The SMILES string of the molecule is C=CC(=O)N1C[C@@H]2C[C@H]1CN2c1ccc2ncnc(Nc3ccc(OCC4CC(F)(F)C4)c(F)c3F)c2n1. The number of fused-ring (bicyclic) bond motifs is 3. The molecule has 3 fully saturated rings. The largest absolute Gasteiger partial charge is 0.490 e. The van der Waals surface area contributed by atoms with Crippen molar-refractivity contribution in [2.75, 3.05) is 29.9 Å². The first kappa shape index (κ1) is 24.4. The van der Waals surface area contributed by atoms with Crippen molar-refractivity contribution < 1.29 is 27.1 Å². The van der Waals surface area contributed by atoms with E-state index in [0.717, 1.165) is 6.42 Å². The lowest BCUT2D eigenvalue weighted by Gasteiger charge is -2.34. The normalized spacial score (nSPS) is 22.0. The highest BCUT2D eigenvalue weighted by Crippen LogP contribution is 2.43. The van der Waals surface area contributed by atoms with Crippen molar-refractivity contribution in [3.05, 3.63) is 54.9 Å². The number of amides is 1. The van der Waals surface area contributed by atoms with Crippen LogP contribution in [-0.4, -0.2) is 63.5 Å². The van der Waals surface area contributed by atoms with Gasteiger partial charge in [0.25, 0.3) is 0 Å². The summed E-state index contributed by atoms with van der Waals surface area (Å²) >= 11 is 0. The number of aromatic nitrogens is 3. The van der Waals surface area contributed by atoms with E-state index in [1.165, 1.54) is 24.5 Å². The number of carbonyl (C=O) groups is 1. The molecule has 1 N–H and O–H groups in total. The number of hydrogen-bond acceptors (Lipinski definition) is 7. The number of anilines is 3. The van der Waals surface area contributed by atoms with Gasteiger partial charge in [0.05, 0.1) is 29.9 Å². The molecular formula is C26H24F4N6O2. The molecule has 1 aliphatic carbocycles. The van der Waals surface area contributed by atoms with E-state index in [0.29, 0.717) is 29.9 Å². The molecule has 1 amide bonds. The molecule has 2 aliphatic heterocycles. The van der Waals surface area contributed by atoms with Crippen molar-refractivity contribution in [2.45, 2.75) is 37.3 Å². The van der Waals surface area contributed by atoms with Crippen molar-refractivity contribution in [1.29, 1.82) is 0 Å². The highest BCUT2D eigenvalue weighted by Gasteiger charge is 2.46. The molecule has 2 saturated heterocycles. The third kappa shape index (κ3) is 4.27. The number of hydrogen-bond donors (Lipinski definition) is 1. The monoisotopic (exact) mass is 528 g/mol. The number of benzene rings is 1. The predicted molar refractivity (Wildman–Crippen MR) is 132 cm³/mol. The number of piperazine rings is 1. The van der Waals surface area contributed by atoms with Gasteiger partial charge in [-0.1, -0.05) is 6.58 Å². The van der Waals surface area contributed by atoms with E-state index in [2.05, 4.69) is 26.8 Å². The molecule has 0 radical (unpaired) electrons. The summed E-state index contributed by atoms with van der Waals surface area (Å²) in [6.07, 6.45) is 2.80. The van der Waals surface area contributed by atoms with Gasteiger partial charge in [-0.15, -0.1) is 0 Å². The topological polar surface area (TPSA) is 83.5 Å². The molecule has 4 heterocycles. The molecule has 1 aromatic carbocycles. The molecule has 198 valence electrons. The van der Waals surface area contributed by atoms with Gasteiger partial charge in [0, 0.05) is 31.8 Å². The Bertz CT molecular complexity index is 1430. The molecule has 12 heteroatoms. The van der Waals surface area contributed by atoms with E-state index in [9.17, 15) is 22.4 Å². The first-order valence-corrected chi connectivity index (χ1v) is 12.3. The summed E-state index contributed by atoms with van der Waals surface area (Å²) < 4.78 is 60.9. The first-order valence-electron chi connectivity index (χ1n) is 12.3. The van der Waals surface area contributed by atoms with Gasteiger partial charge < -0.3 is 19.9 Å². The quantitative estimate of drug-likeness (QED) is 0.359. The zero-order valence-corrected chi connectivity index (χ0v) is 20.2. The minimum absolute atomic E-state index is 0.0752. The van der Waals surface area contributed by atoms with Gasteiger partial charge in [0.2, 0.25) is 17.6 Å². The summed E-state index contributed by atoms with van der Waals surface area (Å²) in [4.78, 5) is 29.2. The molecule has 0 unspecified atom stereocenters. The van der Waals surface area contributed by atoms with E-state index in [4.69, 9.17) is 9.72 Å². The van der Waals surface area contributed by atoms with E-state index in [-0.39, 0.29) is 54.7 Å². The van der Waals surface area contributed by atoms with Gasteiger partial charge in [0.1, 0.15) is 17.7 Å². The third-order valence-electron chi connectivity index (χ3n) is 7.41. The van der Waals surface area contributed by atoms with Crippen LogP contribution in [0.4, 0.5) is 34.9 Å². The fourth-order valence-corrected chi connectivity index (χ4v) is 5.49. The van der Waals surface area contributed by atoms with Crippen LogP contribution < -0.4 is 15.0 Å². The van der Waals surface area contributed by atoms with Gasteiger partial charge in [0.15, 0.2) is 17.4 Å². The molecule has 8 nitrogen and oxygen atoms in total. The summed E-state index contributed by atoms with van der Waals surface area (Å²) in [5, 5.41) is 2.80. The Hall–Kier alpha value is -3.96. The molecule has 3 aromatic rings. The third-order valence-corrected chi connectivity index (χ3v) is 7.41. The summed E-state index contributed by atoms with van der Waals surface area (Å²) in [5.74, 6) is -5.08. The average molecular weight is 529 g/mol. The number of ether oxygens (including phenoxy) is 1. The molecule has 2 aromatic heterocycles. The number of alkyl halides is 2. The van der Waals surface area contributed by atoms with E-state index < -0.39 is 23.5 Å². The zero-order valence-electron chi connectivity index (χ0n) is 20.2. The lowest BCUT2D eigenvalue weighted by atomic mass is 9.82. The van der Waals surface area contributed by atoms with Crippen molar-refractivity contribution >= 4 is 34.3 Å². The van der Waals surface area contributed by atoms with Crippen LogP contribution in [0.1, 0.15) is 19.3 Å². The van der Waals surface area contributed by atoms with Crippen molar-refractivity contribution in [1.82, 2.24) is 19.9 Å². The zero-order chi connectivity index (χ0) is 26.6. The highest BCUT2D eigenvalue weighted by atomic mass is 19.3. The molecule has 1 saturated carbocycles. The van der Waals surface area contributed by atoms with Crippen molar-refractivity contribution in [3.63, 3.8) is 0 Å². The lowest BCUT2D eigenvalue weighted by Crippen LogP contribution is -2.48. The summed E-state index contributed by atoms with van der Waals surface area (Å²) in [6, 6.07) is 6.35. The highest BCUT2D eigenvalue weighted by molar-refractivity contribution is 5.89. The molecule has 2 atom stereocenters. The fourth-order valence-electron chi connectivity index (χ4n) is 5.49. The van der Waals surface area contributed by atoms with Crippen LogP contribution in [0.5, 0.6) is 5.75 Å². The standard InChI is InChI=1S/C26H24F4N6O2/c1-2-21(37)36-11-15-7-16(36)10-35(15)20-6-4-18-24(34-20)25(32-13-31-18)33-17-3-5-19(23(28)22(17)27)38-12-14-8-26(29,30)9-14/h2-6,13-16H,1,7-12H2,(H,31,32,33)/t15-,16-/m0/s1. The van der Waals surface area contributed by atoms with E-state index in [1.807, 2.05) is 11.0 Å². The van der Waals surface area contributed by atoms with Crippen LogP contribution >= 0.6 is 0 Å². The molecule has 0 spiro atoms. The maximum atomic E-state index is 14.9. The van der Waals surface area contributed by atoms with E-state index >= 15 is 0 Å². The van der Waals surface area contributed by atoms with Crippen LogP contribution in [0.3, 0.4) is 0 Å². The summed E-state index contributed by atoms with van der Waals surface area (Å²) in [7, 11) is 0. The minimum atomic E-state index is -2.71. The second-order valence-electron chi connectivity index (χ2n) is 9.96. The average Bonchev–Trinajstić information content (AvgIpc) is 3.50. The Morgan fingerprint density at radius 1 is 1.13 bits per heavy atom. The minimum Gasteiger partial charge on any atom is -0.490 e. The maximum absolute atomic E-state index is 14.9. The molecule has 38 heavy (non-hydrogen) atoms. The molecule has 6 rings (SSSR count). The van der Waals surface area contributed by atoms with Crippen LogP contribution in [-0.2, 0) is 4.79 Å². The molecule has 2 bridgehead atoms. The lowest BCUT2D eigenvalue weighted by molar-refractivity contribution is -0.127. The van der Waals surface area contributed by atoms with Gasteiger partial charge in [-0.2, -0.15) is 4.39 Å². The van der Waals surface area contributed by atoms with Crippen LogP contribution in [0.25, 0.3) is 11.0 Å². The predicted octanol–water partition coefficient (Wildman–Crippen LogP) is 4.45. The Kier molecular flexibility index (Phi) is 5.84. The molecular weight excluding hydrogens is 504 g/mol. The second-order valence-corrected chi connectivity index (χ2v) is 9.96. The summed E-state index contributed by atoms with van der Waals surface area (Å²) in [5.41, 5.74) is 0.700. The molecule has 3 aliphatic rings. The Balaban J connectivity index is 1.20. The van der Waals surface area contributed by atoms with Gasteiger partial charge >= 0.3 is 0 Å².